The van der Waals surface area contributed by atoms with E-state index in [1.807, 2.05) is 22.6 Å². The van der Waals surface area contributed by atoms with Gasteiger partial charge in [-0.05, 0) is 50.8 Å². The molecule has 1 aromatic heterocycles. The second-order valence-electron chi connectivity index (χ2n) is 6.80. The fourth-order valence-electron chi connectivity index (χ4n) is 3.98. The molecule has 8 heteroatoms. The molecule has 7 nitrogen and oxygen atoms in total. The lowest BCUT2D eigenvalue weighted by atomic mass is 9.87. The summed E-state index contributed by atoms with van der Waals surface area (Å²) in [4.78, 5) is 15.0. The van der Waals surface area contributed by atoms with Gasteiger partial charge in [0.2, 0.25) is 11.9 Å². The number of halogens is 1. The Hall–Kier alpha value is -2.90. The van der Waals surface area contributed by atoms with Crippen molar-refractivity contribution >= 4 is 17.6 Å². The summed E-state index contributed by atoms with van der Waals surface area (Å²) < 4.78 is 16.1. The smallest absolute Gasteiger partial charge is 0.220 e. The second-order valence-corrected chi connectivity index (χ2v) is 6.80. The summed E-state index contributed by atoms with van der Waals surface area (Å²) in [5.74, 6) is 0.871. The summed E-state index contributed by atoms with van der Waals surface area (Å²) in [7, 11) is 0. The second kappa shape index (κ2) is 6.12. The Balaban J connectivity index is 1.92. The van der Waals surface area contributed by atoms with E-state index in [-0.39, 0.29) is 17.7 Å². The van der Waals surface area contributed by atoms with Crippen LogP contribution in [0.3, 0.4) is 0 Å². The van der Waals surface area contributed by atoms with Gasteiger partial charge in [0.1, 0.15) is 17.3 Å². The maximum atomic E-state index is 14.2. The highest BCUT2D eigenvalue weighted by Gasteiger charge is 2.43. The van der Waals surface area contributed by atoms with Gasteiger partial charge >= 0.3 is 0 Å². The Morgan fingerprint density at radius 3 is 2.58 bits per heavy atom. The molecule has 0 unspecified atom stereocenters. The quantitative estimate of drug-likeness (QED) is 0.864. The Bertz CT molecular complexity index is 893. The van der Waals surface area contributed by atoms with Gasteiger partial charge in [0.15, 0.2) is 0 Å². The van der Waals surface area contributed by atoms with Gasteiger partial charge in [-0.2, -0.15) is 4.99 Å². The SMILES string of the molecule is Cc1nccn1-c1ccc(F)cc1N1C(N)=NC(N)=NC12CCCCC2. The van der Waals surface area contributed by atoms with Crippen molar-refractivity contribution in [3.8, 4) is 5.69 Å². The number of imidazole rings is 1. The van der Waals surface area contributed by atoms with Gasteiger partial charge in [0, 0.05) is 12.4 Å². The zero-order valence-corrected chi connectivity index (χ0v) is 14.7. The third kappa shape index (κ3) is 2.61. The molecule has 2 aromatic rings. The molecular formula is C18H22FN7. The highest BCUT2D eigenvalue weighted by Crippen LogP contribution is 2.41. The predicted molar refractivity (Wildman–Crippen MR) is 99.8 cm³/mol. The van der Waals surface area contributed by atoms with Crippen LogP contribution in [0.4, 0.5) is 10.1 Å². The molecular weight excluding hydrogens is 333 g/mol. The minimum Gasteiger partial charge on any atom is -0.369 e. The fourth-order valence-corrected chi connectivity index (χ4v) is 3.98. The molecule has 1 aromatic carbocycles. The van der Waals surface area contributed by atoms with Crippen molar-refractivity contribution in [1.29, 1.82) is 0 Å². The highest BCUT2D eigenvalue weighted by atomic mass is 19.1. The molecule has 4 N–H and O–H groups in total. The number of anilines is 1. The summed E-state index contributed by atoms with van der Waals surface area (Å²) >= 11 is 0. The number of aromatic nitrogens is 2. The first kappa shape index (κ1) is 16.6. The van der Waals surface area contributed by atoms with Gasteiger partial charge in [-0.3, -0.25) is 4.90 Å². The molecule has 1 spiro atoms. The first-order valence-corrected chi connectivity index (χ1v) is 8.80. The Labute approximate surface area is 151 Å². The third-order valence-corrected chi connectivity index (χ3v) is 5.12. The zero-order chi connectivity index (χ0) is 18.3. The summed E-state index contributed by atoms with van der Waals surface area (Å²) in [5, 5.41) is 0. The number of rotatable bonds is 2. The molecule has 0 saturated heterocycles. The van der Waals surface area contributed by atoms with E-state index >= 15 is 0 Å². The van der Waals surface area contributed by atoms with Gasteiger partial charge in [-0.25, -0.2) is 14.4 Å². The largest absolute Gasteiger partial charge is 0.369 e. The zero-order valence-electron chi connectivity index (χ0n) is 14.7. The molecule has 2 heterocycles. The molecule has 0 amide bonds. The molecule has 1 saturated carbocycles. The van der Waals surface area contributed by atoms with E-state index < -0.39 is 5.66 Å². The van der Waals surface area contributed by atoms with Crippen LogP contribution in [-0.4, -0.2) is 27.1 Å². The van der Waals surface area contributed by atoms with Crippen LogP contribution >= 0.6 is 0 Å². The van der Waals surface area contributed by atoms with E-state index in [2.05, 4.69) is 15.0 Å². The standard InChI is InChI=1S/C18H22FN7/c1-12-22-9-10-25(12)14-6-5-13(19)11-15(14)26-17(21)23-16(20)24-18(26)7-3-2-4-8-18/h5-6,9-11H,2-4,7-8H2,1H3,(H4,20,21,23,24). The molecule has 0 atom stereocenters. The van der Waals surface area contributed by atoms with Crippen LogP contribution in [0.15, 0.2) is 40.6 Å². The number of nitrogens with zero attached hydrogens (tertiary/aromatic N) is 5. The first-order valence-electron chi connectivity index (χ1n) is 8.80. The molecule has 1 aliphatic carbocycles. The average Bonchev–Trinajstić information content (AvgIpc) is 3.01. The molecule has 0 radical (unpaired) electrons. The van der Waals surface area contributed by atoms with E-state index in [1.54, 1.807) is 12.3 Å². The van der Waals surface area contributed by atoms with E-state index in [1.165, 1.54) is 12.1 Å². The van der Waals surface area contributed by atoms with Crippen LogP contribution in [0.5, 0.6) is 0 Å². The number of benzene rings is 1. The highest BCUT2D eigenvalue weighted by molar-refractivity contribution is 6.06. The van der Waals surface area contributed by atoms with E-state index in [0.717, 1.165) is 43.6 Å². The fraction of sp³-hybridized carbons (Fsp3) is 0.389. The van der Waals surface area contributed by atoms with Crippen molar-refractivity contribution in [2.24, 2.45) is 21.5 Å². The Morgan fingerprint density at radius 1 is 1.12 bits per heavy atom. The number of hydrogen-bond acceptors (Lipinski definition) is 6. The topological polar surface area (TPSA) is 97.8 Å². The molecule has 1 fully saturated rings. The number of aliphatic imine (C=N–C) groups is 2. The lowest BCUT2D eigenvalue weighted by molar-refractivity contribution is 0.305. The van der Waals surface area contributed by atoms with Crippen LogP contribution in [-0.2, 0) is 0 Å². The molecule has 26 heavy (non-hydrogen) atoms. The van der Waals surface area contributed by atoms with Crippen LogP contribution in [0.25, 0.3) is 5.69 Å². The van der Waals surface area contributed by atoms with Crippen molar-refractivity contribution in [2.45, 2.75) is 44.7 Å². The molecule has 136 valence electrons. The molecule has 0 bridgehead atoms. The number of nitrogens with two attached hydrogens (primary N) is 2. The van der Waals surface area contributed by atoms with Gasteiger partial charge in [0.25, 0.3) is 0 Å². The van der Waals surface area contributed by atoms with Crippen molar-refractivity contribution in [1.82, 2.24) is 9.55 Å². The van der Waals surface area contributed by atoms with Crippen molar-refractivity contribution in [3.05, 3.63) is 42.2 Å². The number of hydrogen-bond donors (Lipinski definition) is 2. The minimum atomic E-state index is -0.620. The minimum absolute atomic E-state index is 0.178. The number of guanidine groups is 2. The third-order valence-electron chi connectivity index (χ3n) is 5.12. The lowest BCUT2D eigenvalue weighted by Crippen LogP contribution is -2.58. The van der Waals surface area contributed by atoms with Crippen molar-refractivity contribution < 1.29 is 4.39 Å². The Morgan fingerprint density at radius 2 is 1.88 bits per heavy atom. The average molecular weight is 355 g/mol. The maximum absolute atomic E-state index is 14.2. The van der Waals surface area contributed by atoms with Crippen molar-refractivity contribution in [3.63, 3.8) is 0 Å². The van der Waals surface area contributed by atoms with Gasteiger partial charge < -0.3 is 16.0 Å². The maximum Gasteiger partial charge on any atom is 0.220 e. The van der Waals surface area contributed by atoms with Gasteiger partial charge in [-0.1, -0.05) is 6.42 Å². The normalized spacial score (nSPS) is 19.4. The van der Waals surface area contributed by atoms with E-state index in [4.69, 9.17) is 11.5 Å². The van der Waals surface area contributed by atoms with Crippen LogP contribution in [0.2, 0.25) is 0 Å². The summed E-state index contributed by atoms with van der Waals surface area (Å²) in [5.41, 5.74) is 13.0. The summed E-state index contributed by atoms with van der Waals surface area (Å²) in [6.07, 6.45) is 8.30. The molecule has 1 aliphatic heterocycles. The monoisotopic (exact) mass is 355 g/mol. The van der Waals surface area contributed by atoms with Gasteiger partial charge in [0.05, 0.1) is 11.4 Å². The Kier molecular flexibility index (Phi) is 3.90. The van der Waals surface area contributed by atoms with Crippen LogP contribution < -0.4 is 16.4 Å². The van der Waals surface area contributed by atoms with Gasteiger partial charge in [-0.15, -0.1) is 0 Å². The van der Waals surface area contributed by atoms with E-state index in [9.17, 15) is 4.39 Å². The van der Waals surface area contributed by atoms with Crippen molar-refractivity contribution in [2.75, 3.05) is 4.90 Å². The number of aryl methyl sites for hydroxylation is 1. The summed E-state index contributed by atoms with van der Waals surface area (Å²) in [6, 6.07) is 4.64. The molecule has 2 aliphatic rings. The lowest BCUT2D eigenvalue weighted by Gasteiger charge is -2.46. The van der Waals surface area contributed by atoms with E-state index in [0.29, 0.717) is 5.69 Å². The molecule has 4 rings (SSSR count). The first-order chi connectivity index (χ1) is 12.5. The van der Waals surface area contributed by atoms with Crippen LogP contribution in [0, 0.1) is 12.7 Å². The predicted octanol–water partition coefficient (Wildman–Crippen LogP) is 2.43. The van der Waals surface area contributed by atoms with Crippen LogP contribution in [0.1, 0.15) is 37.9 Å². The summed E-state index contributed by atoms with van der Waals surface area (Å²) in [6.45, 7) is 1.90.